The molecule has 1 saturated heterocycles. The molecule has 0 aromatic rings. The van der Waals surface area contributed by atoms with Gasteiger partial charge in [0.05, 0.1) is 0 Å². The van der Waals surface area contributed by atoms with Gasteiger partial charge in [0.1, 0.15) is 6.71 Å². The van der Waals surface area contributed by atoms with E-state index in [-0.39, 0.29) is 0 Å². The predicted octanol–water partition coefficient (Wildman–Crippen LogP) is 2.93. The normalized spacial score (nSPS) is 26.3. The van der Waals surface area contributed by atoms with Gasteiger partial charge in [-0.1, -0.05) is 46.2 Å². The van der Waals surface area contributed by atoms with Gasteiger partial charge < -0.3 is 0 Å². The fourth-order valence-corrected chi connectivity index (χ4v) is 1.54. The van der Waals surface area contributed by atoms with Crippen LogP contribution in [0.1, 0.15) is 26.7 Å². The van der Waals surface area contributed by atoms with E-state index in [1.165, 1.54) is 25.5 Å². The summed E-state index contributed by atoms with van der Waals surface area (Å²) in [5.41, 5.74) is 0.659. The second-order valence-corrected chi connectivity index (χ2v) is 4.35. The zero-order chi connectivity index (χ0) is 6.91. The maximum absolute atomic E-state index is 2.39. The average molecular weight is 124 g/mol. The van der Waals surface area contributed by atoms with Crippen molar-refractivity contribution in [3.05, 3.63) is 0 Å². The fourth-order valence-electron chi connectivity index (χ4n) is 1.54. The van der Waals surface area contributed by atoms with Gasteiger partial charge in [0.25, 0.3) is 0 Å². The van der Waals surface area contributed by atoms with Crippen LogP contribution in [-0.4, -0.2) is 6.71 Å². The SMILES string of the molecule is CB1CCC(C)(C)CC1. The van der Waals surface area contributed by atoms with Crippen molar-refractivity contribution in [3.8, 4) is 0 Å². The van der Waals surface area contributed by atoms with Gasteiger partial charge in [0.2, 0.25) is 0 Å². The molecule has 52 valence electrons. The lowest BCUT2D eigenvalue weighted by Gasteiger charge is -2.31. The molecule has 0 aliphatic carbocycles. The molecule has 0 radical (unpaired) electrons. The largest absolute Gasteiger partial charge is 0.136 e. The highest BCUT2D eigenvalue weighted by Crippen LogP contribution is 2.35. The third-order valence-corrected chi connectivity index (χ3v) is 2.63. The minimum atomic E-state index is 0.659. The molecule has 0 bridgehead atoms. The average Bonchev–Trinajstić information content (AvgIpc) is 1.78. The van der Waals surface area contributed by atoms with Crippen molar-refractivity contribution < 1.29 is 0 Å². The Bertz CT molecular complexity index is 86.7. The van der Waals surface area contributed by atoms with Gasteiger partial charge in [-0.25, -0.2) is 0 Å². The van der Waals surface area contributed by atoms with E-state index in [1.54, 1.807) is 0 Å². The monoisotopic (exact) mass is 124 g/mol. The van der Waals surface area contributed by atoms with E-state index >= 15 is 0 Å². The number of hydrogen-bond donors (Lipinski definition) is 0. The Morgan fingerprint density at radius 2 is 1.56 bits per heavy atom. The number of hydrogen-bond acceptors (Lipinski definition) is 0. The summed E-state index contributed by atoms with van der Waals surface area (Å²) in [5.74, 6) is 0. The van der Waals surface area contributed by atoms with Crippen LogP contribution in [-0.2, 0) is 0 Å². The summed E-state index contributed by atoms with van der Waals surface area (Å²) in [4.78, 5) is 0. The van der Waals surface area contributed by atoms with Gasteiger partial charge >= 0.3 is 0 Å². The maximum atomic E-state index is 2.39. The molecule has 0 aromatic carbocycles. The minimum absolute atomic E-state index is 0.659. The lowest BCUT2D eigenvalue weighted by Crippen LogP contribution is -2.23. The summed E-state index contributed by atoms with van der Waals surface area (Å²) in [7, 11) is 0. The molecule has 1 heterocycles. The first-order chi connectivity index (χ1) is 4.10. The van der Waals surface area contributed by atoms with Gasteiger partial charge in [0, 0.05) is 0 Å². The summed E-state index contributed by atoms with van der Waals surface area (Å²) in [6, 6.07) is 0. The van der Waals surface area contributed by atoms with Crippen molar-refractivity contribution in [2.75, 3.05) is 0 Å². The second-order valence-electron chi connectivity index (χ2n) is 4.35. The van der Waals surface area contributed by atoms with Crippen molar-refractivity contribution in [2.24, 2.45) is 5.41 Å². The van der Waals surface area contributed by atoms with E-state index in [0.29, 0.717) is 5.41 Å². The Kier molecular flexibility index (Phi) is 1.88. The number of rotatable bonds is 0. The molecule has 0 amide bonds. The van der Waals surface area contributed by atoms with Crippen molar-refractivity contribution in [1.82, 2.24) is 0 Å². The van der Waals surface area contributed by atoms with Crippen LogP contribution in [0, 0.1) is 5.41 Å². The molecule has 1 heteroatoms. The zero-order valence-corrected chi connectivity index (χ0v) is 6.91. The van der Waals surface area contributed by atoms with Crippen molar-refractivity contribution in [2.45, 2.75) is 46.2 Å². The smallest absolute Gasteiger partial charge is 0.0861 e. The van der Waals surface area contributed by atoms with Crippen LogP contribution in [0.2, 0.25) is 19.5 Å². The summed E-state index contributed by atoms with van der Waals surface area (Å²) < 4.78 is 0. The van der Waals surface area contributed by atoms with E-state index in [4.69, 9.17) is 0 Å². The molecule has 1 aliphatic rings. The first-order valence-electron chi connectivity index (χ1n) is 4.10. The van der Waals surface area contributed by atoms with Gasteiger partial charge in [-0.05, 0) is 5.41 Å². The lowest BCUT2D eigenvalue weighted by atomic mass is 9.40. The molecule has 1 aliphatic heterocycles. The quantitative estimate of drug-likeness (QED) is 0.435. The van der Waals surface area contributed by atoms with Gasteiger partial charge in [-0.3, -0.25) is 0 Å². The maximum Gasteiger partial charge on any atom is 0.136 e. The molecule has 1 rings (SSSR count). The van der Waals surface area contributed by atoms with Crippen LogP contribution in [0.3, 0.4) is 0 Å². The Morgan fingerprint density at radius 3 is 1.89 bits per heavy atom. The highest BCUT2D eigenvalue weighted by atomic mass is 14.2. The van der Waals surface area contributed by atoms with E-state index in [0.717, 1.165) is 6.71 Å². The summed E-state index contributed by atoms with van der Waals surface area (Å²) in [6.45, 7) is 8.14. The van der Waals surface area contributed by atoms with Crippen LogP contribution in [0.4, 0.5) is 0 Å². The van der Waals surface area contributed by atoms with Crippen LogP contribution in [0.25, 0.3) is 0 Å². The van der Waals surface area contributed by atoms with Crippen molar-refractivity contribution in [3.63, 3.8) is 0 Å². The standard InChI is InChI=1S/C8H17B/c1-8(2)4-6-9(3)7-5-8/h4-7H2,1-3H3. The Labute approximate surface area is 59.1 Å². The van der Waals surface area contributed by atoms with Gasteiger partial charge in [-0.2, -0.15) is 0 Å². The minimum Gasteiger partial charge on any atom is -0.0861 e. The summed E-state index contributed by atoms with van der Waals surface area (Å²) in [5, 5.41) is 0. The van der Waals surface area contributed by atoms with E-state index < -0.39 is 0 Å². The molecule has 9 heavy (non-hydrogen) atoms. The highest BCUT2D eigenvalue weighted by Gasteiger charge is 2.25. The molecule has 0 spiro atoms. The first kappa shape index (κ1) is 7.18. The lowest BCUT2D eigenvalue weighted by molar-refractivity contribution is 0.323. The van der Waals surface area contributed by atoms with Gasteiger partial charge in [-0.15, -0.1) is 0 Å². The van der Waals surface area contributed by atoms with E-state index in [2.05, 4.69) is 20.7 Å². The third-order valence-electron chi connectivity index (χ3n) is 2.63. The van der Waals surface area contributed by atoms with Crippen molar-refractivity contribution in [1.29, 1.82) is 0 Å². The van der Waals surface area contributed by atoms with Crippen molar-refractivity contribution >= 4 is 6.71 Å². The summed E-state index contributed by atoms with van der Waals surface area (Å²) >= 11 is 0. The van der Waals surface area contributed by atoms with Gasteiger partial charge in [0.15, 0.2) is 0 Å². The molecule has 0 unspecified atom stereocenters. The van der Waals surface area contributed by atoms with E-state index in [1.807, 2.05) is 0 Å². The predicted molar refractivity (Wildman–Crippen MR) is 44.2 cm³/mol. The summed E-state index contributed by atoms with van der Waals surface area (Å²) in [6.07, 6.45) is 5.78. The molecule has 0 N–H and O–H groups in total. The fraction of sp³-hybridized carbons (Fsp3) is 1.00. The van der Waals surface area contributed by atoms with Crippen LogP contribution in [0.15, 0.2) is 0 Å². The highest BCUT2D eigenvalue weighted by molar-refractivity contribution is 6.57. The Hall–Kier alpha value is 0.0649. The topological polar surface area (TPSA) is 0 Å². The molecular formula is C8H17B. The molecule has 0 aromatic heterocycles. The van der Waals surface area contributed by atoms with Crippen LogP contribution in [0.5, 0.6) is 0 Å². The molecule has 1 fully saturated rings. The first-order valence-corrected chi connectivity index (χ1v) is 4.10. The molecular weight excluding hydrogens is 107 g/mol. The zero-order valence-electron chi connectivity index (χ0n) is 6.91. The van der Waals surface area contributed by atoms with Crippen LogP contribution >= 0.6 is 0 Å². The molecule has 0 atom stereocenters. The molecule has 0 saturated carbocycles. The Balaban J connectivity index is 2.35. The molecule has 0 nitrogen and oxygen atoms in total. The Morgan fingerprint density at radius 1 is 1.11 bits per heavy atom. The third kappa shape index (κ3) is 2.04. The van der Waals surface area contributed by atoms with E-state index in [9.17, 15) is 0 Å². The van der Waals surface area contributed by atoms with Crippen LogP contribution < -0.4 is 0 Å². The second kappa shape index (κ2) is 2.36.